The van der Waals surface area contributed by atoms with E-state index < -0.39 is 11.8 Å². The molecule has 154 valence electrons. The second kappa shape index (κ2) is 7.87. The average Bonchev–Trinajstić information content (AvgIpc) is 3.46. The summed E-state index contributed by atoms with van der Waals surface area (Å²) in [5, 5.41) is 5.87. The van der Waals surface area contributed by atoms with Gasteiger partial charge >= 0.3 is 0 Å². The minimum Gasteiger partial charge on any atom is -0.467 e. The lowest BCUT2D eigenvalue weighted by molar-refractivity contribution is 0.0631. The minimum absolute atomic E-state index is 0.0555. The zero-order chi connectivity index (χ0) is 21.4. The Morgan fingerprint density at radius 2 is 1.93 bits per heavy atom. The molecule has 0 saturated carbocycles. The molecule has 1 unspecified atom stereocenters. The van der Waals surface area contributed by atoms with Gasteiger partial charge in [-0.05, 0) is 37.3 Å². The predicted molar refractivity (Wildman–Crippen MR) is 111 cm³/mol. The third kappa shape index (κ3) is 3.66. The summed E-state index contributed by atoms with van der Waals surface area (Å²) in [6, 6.07) is 7.68. The zero-order valence-corrected chi connectivity index (χ0v) is 17.7. The molecule has 1 aromatic carbocycles. The largest absolute Gasteiger partial charge is 0.467 e. The Morgan fingerprint density at radius 1 is 1.17 bits per heavy atom. The van der Waals surface area contributed by atoms with E-state index in [0.29, 0.717) is 17.2 Å². The molecule has 0 fully saturated rings. The first-order valence-corrected chi connectivity index (χ1v) is 10.5. The van der Waals surface area contributed by atoms with Gasteiger partial charge in [0.15, 0.2) is 0 Å². The summed E-state index contributed by atoms with van der Waals surface area (Å²) >= 11 is 1.57. The van der Waals surface area contributed by atoms with Crippen molar-refractivity contribution in [2.45, 2.75) is 39.3 Å². The van der Waals surface area contributed by atoms with E-state index in [1.807, 2.05) is 12.3 Å². The van der Waals surface area contributed by atoms with Crippen molar-refractivity contribution in [1.82, 2.24) is 15.2 Å². The first-order chi connectivity index (χ1) is 14.3. The van der Waals surface area contributed by atoms with Crippen molar-refractivity contribution in [3.63, 3.8) is 0 Å². The quantitative estimate of drug-likeness (QED) is 0.602. The van der Waals surface area contributed by atoms with Crippen LogP contribution >= 0.6 is 11.3 Å². The number of nitrogens with one attached hydrogen (secondary N) is 1. The SMILES string of the molecule is CC(C)c1nc(C(C)NC(=O)c2ccc3c(c2)C(=O)N(Cc2ccco2)C3=O)cs1. The third-order valence-corrected chi connectivity index (χ3v) is 6.12. The summed E-state index contributed by atoms with van der Waals surface area (Å²) in [6.07, 6.45) is 1.49. The fourth-order valence-corrected chi connectivity index (χ4v) is 4.18. The molecular formula is C22H21N3O4S. The molecule has 0 saturated heterocycles. The first kappa shape index (κ1) is 20.0. The maximum Gasteiger partial charge on any atom is 0.261 e. The van der Waals surface area contributed by atoms with Gasteiger partial charge in [0.25, 0.3) is 17.7 Å². The second-order valence-electron chi connectivity index (χ2n) is 7.50. The average molecular weight is 423 g/mol. The van der Waals surface area contributed by atoms with Gasteiger partial charge in [0.2, 0.25) is 0 Å². The number of hydrogen-bond acceptors (Lipinski definition) is 6. The molecule has 0 aliphatic carbocycles. The van der Waals surface area contributed by atoms with Crippen molar-refractivity contribution in [2.24, 2.45) is 0 Å². The Labute approximate surface area is 177 Å². The van der Waals surface area contributed by atoms with Crippen molar-refractivity contribution in [1.29, 1.82) is 0 Å². The number of hydrogen-bond donors (Lipinski definition) is 1. The number of amides is 3. The topological polar surface area (TPSA) is 92.5 Å². The first-order valence-electron chi connectivity index (χ1n) is 9.64. The summed E-state index contributed by atoms with van der Waals surface area (Å²) in [4.78, 5) is 43.8. The lowest BCUT2D eigenvalue weighted by atomic mass is 10.0. The van der Waals surface area contributed by atoms with E-state index in [1.54, 1.807) is 29.5 Å². The molecule has 1 atom stereocenters. The number of aromatic nitrogens is 1. The van der Waals surface area contributed by atoms with Crippen LogP contribution in [0.2, 0.25) is 0 Å². The fraction of sp³-hybridized carbons (Fsp3) is 0.273. The molecule has 7 nitrogen and oxygen atoms in total. The molecule has 3 amide bonds. The van der Waals surface area contributed by atoms with Crippen LogP contribution in [0.15, 0.2) is 46.4 Å². The van der Waals surface area contributed by atoms with Gasteiger partial charge in [-0.3, -0.25) is 19.3 Å². The second-order valence-corrected chi connectivity index (χ2v) is 8.39. The third-order valence-electron chi connectivity index (χ3n) is 4.95. The maximum atomic E-state index is 12.7. The van der Waals surface area contributed by atoms with Gasteiger partial charge < -0.3 is 9.73 Å². The van der Waals surface area contributed by atoms with E-state index in [2.05, 4.69) is 24.1 Å². The molecule has 3 heterocycles. The number of carbonyl (C=O) groups excluding carboxylic acids is 3. The van der Waals surface area contributed by atoms with Gasteiger partial charge in [0.05, 0.1) is 40.7 Å². The Kier molecular flexibility index (Phi) is 5.26. The van der Waals surface area contributed by atoms with E-state index in [9.17, 15) is 14.4 Å². The summed E-state index contributed by atoms with van der Waals surface area (Å²) < 4.78 is 5.24. The summed E-state index contributed by atoms with van der Waals surface area (Å²) in [5.74, 6) is -0.309. The van der Waals surface area contributed by atoms with Crippen LogP contribution in [0.25, 0.3) is 0 Å². The Balaban J connectivity index is 1.50. The predicted octanol–water partition coefficient (Wildman–Crippen LogP) is 4.15. The molecule has 8 heteroatoms. The van der Waals surface area contributed by atoms with E-state index in [0.717, 1.165) is 15.6 Å². The highest BCUT2D eigenvalue weighted by atomic mass is 32.1. The van der Waals surface area contributed by atoms with Crippen LogP contribution in [0.3, 0.4) is 0 Å². The Morgan fingerprint density at radius 3 is 2.60 bits per heavy atom. The molecule has 2 aromatic heterocycles. The smallest absolute Gasteiger partial charge is 0.261 e. The molecule has 1 aliphatic heterocycles. The zero-order valence-electron chi connectivity index (χ0n) is 16.8. The number of nitrogens with zero attached hydrogens (tertiary/aromatic N) is 2. The van der Waals surface area contributed by atoms with Crippen LogP contribution in [-0.4, -0.2) is 27.6 Å². The molecule has 1 N–H and O–H groups in total. The number of imide groups is 1. The van der Waals surface area contributed by atoms with Gasteiger partial charge in [0, 0.05) is 16.9 Å². The summed E-state index contributed by atoms with van der Waals surface area (Å²) in [5.41, 5.74) is 1.63. The lowest BCUT2D eigenvalue weighted by Gasteiger charge is -2.12. The van der Waals surface area contributed by atoms with E-state index in [-0.39, 0.29) is 29.6 Å². The normalized spacial score (nSPS) is 14.3. The van der Waals surface area contributed by atoms with Crippen molar-refractivity contribution in [3.05, 3.63) is 75.1 Å². The monoisotopic (exact) mass is 423 g/mol. The molecule has 30 heavy (non-hydrogen) atoms. The van der Waals surface area contributed by atoms with Crippen LogP contribution in [0.5, 0.6) is 0 Å². The molecule has 0 spiro atoms. The fourth-order valence-electron chi connectivity index (χ4n) is 3.25. The van der Waals surface area contributed by atoms with Gasteiger partial charge in [-0.1, -0.05) is 13.8 Å². The minimum atomic E-state index is -0.435. The molecular weight excluding hydrogens is 402 g/mol. The number of furan rings is 1. The van der Waals surface area contributed by atoms with Gasteiger partial charge in [-0.15, -0.1) is 11.3 Å². The number of thiazole rings is 1. The van der Waals surface area contributed by atoms with Crippen LogP contribution in [0.1, 0.15) is 80.3 Å². The van der Waals surface area contributed by atoms with Crippen molar-refractivity contribution < 1.29 is 18.8 Å². The van der Waals surface area contributed by atoms with Crippen LogP contribution in [0, 0.1) is 0 Å². The Hall–Kier alpha value is -3.26. The number of carbonyl (C=O) groups is 3. The number of fused-ring (bicyclic) bond motifs is 1. The van der Waals surface area contributed by atoms with Crippen LogP contribution < -0.4 is 5.32 Å². The van der Waals surface area contributed by atoms with Crippen molar-refractivity contribution in [2.75, 3.05) is 0 Å². The summed E-state index contributed by atoms with van der Waals surface area (Å²) in [7, 11) is 0. The van der Waals surface area contributed by atoms with Gasteiger partial charge in [-0.2, -0.15) is 0 Å². The lowest BCUT2D eigenvalue weighted by Crippen LogP contribution is -2.29. The van der Waals surface area contributed by atoms with Crippen molar-refractivity contribution >= 4 is 29.1 Å². The van der Waals surface area contributed by atoms with E-state index >= 15 is 0 Å². The number of rotatable bonds is 6. The van der Waals surface area contributed by atoms with Crippen LogP contribution in [0.4, 0.5) is 0 Å². The van der Waals surface area contributed by atoms with Crippen molar-refractivity contribution in [3.8, 4) is 0 Å². The summed E-state index contributed by atoms with van der Waals surface area (Å²) in [6.45, 7) is 6.07. The highest BCUT2D eigenvalue weighted by Crippen LogP contribution is 2.27. The highest BCUT2D eigenvalue weighted by Gasteiger charge is 2.36. The maximum absolute atomic E-state index is 12.7. The highest BCUT2D eigenvalue weighted by molar-refractivity contribution is 7.09. The standard InChI is InChI=1S/C22H21N3O4S/c1-12(2)20-24-18(11-30-20)13(3)23-19(26)14-6-7-16-17(9-14)22(28)25(21(16)27)10-15-5-4-8-29-15/h4-9,11-13H,10H2,1-3H3,(H,23,26). The Bertz CT molecular complexity index is 1120. The molecule has 3 aromatic rings. The number of benzene rings is 1. The van der Waals surface area contributed by atoms with E-state index in [1.165, 1.54) is 18.4 Å². The van der Waals surface area contributed by atoms with E-state index in [4.69, 9.17) is 4.42 Å². The molecule has 0 bridgehead atoms. The molecule has 1 aliphatic rings. The van der Waals surface area contributed by atoms with Gasteiger partial charge in [-0.25, -0.2) is 4.98 Å². The molecule has 4 rings (SSSR count). The molecule has 0 radical (unpaired) electrons. The van der Waals surface area contributed by atoms with Gasteiger partial charge in [0.1, 0.15) is 5.76 Å². The van der Waals surface area contributed by atoms with Crippen LogP contribution in [-0.2, 0) is 6.54 Å².